The van der Waals surface area contributed by atoms with Crippen molar-refractivity contribution in [3.05, 3.63) is 46.1 Å². The van der Waals surface area contributed by atoms with Crippen LogP contribution in [0.4, 0.5) is 11.5 Å². The molecule has 0 unspecified atom stereocenters. The van der Waals surface area contributed by atoms with Crippen LogP contribution in [0.5, 0.6) is 0 Å². The normalized spacial score (nSPS) is 10.7. The molecule has 7 heteroatoms. The Hall–Kier alpha value is -2.18. The molecule has 0 saturated carbocycles. The fourth-order valence-corrected chi connectivity index (χ4v) is 3.43. The number of hydrogen-bond donors (Lipinski definition) is 2. The molecule has 3 rings (SSSR count). The Bertz CT molecular complexity index is 878. The molecular weight excluding hydrogens is 332 g/mol. The van der Waals surface area contributed by atoms with Crippen LogP contribution < -0.4 is 10.6 Å². The van der Waals surface area contributed by atoms with Crippen LogP contribution in [0.2, 0.25) is 5.02 Å². The van der Waals surface area contributed by atoms with Gasteiger partial charge in [0.25, 0.3) is 0 Å². The van der Waals surface area contributed by atoms with E-state index in [9.17, 15) is 4.79 Å². The van der Waals surface area contributed by atoms with Gasteiger partial charge < -0.3 is 10.6 Å². The van der Waals surface area contributed by atoms with Crippen LogP contribution >= 0.6 is 22.9 Å². The molecule has 2 aromatic heterocycles. The number of nitrogens with one attached hydrogen (secondary N) is 2. The number of thiophene rings is 1. The molecule has 2 heterocycles. The van der Waals surface area contributed by atoms with Crippen molar-refractivity contribution in [2.75, 3.05) is 17.2 Å². The number of amides is 1. The van der Waals surface area contributed by atoms with Crippen LogP contribution in [-0.4, -0.2) is 22.4 Å². The summed E-state index contributed by atoms with van der Waals surface area (Å²) in [6.45, 7) is 4.05. The number of rotatable bonds is 4. The first-order valence-corrected chi connectivity index (χ1v) is 8.29. The molecule has 0 radical (unpaired) electrons. The van der Waals surface area contributed by atoms with Gasteiger partial charge in [-0.25, -0.2) is 9.97 Å². The van der Waals surface area contributed by atoms with E-state index in [2.05, 4.69) is 20.6 Å². The Kier molecular flexibility index (Phi) is 4.45. The number of nitrogens with zero attached hydrogens (tertiary/aromatic N) is 2. The first-order chi connectivity index (χ1) is 11.0. The number of hydrogen-bond acceptors (Lipinski definition) is 5. The highest BCUT2D eigenvalue weighted by Gasteiger charge is 2.10. The lowest BCUT2D eigenvalue weighted by Gasteiger charge is -2.09. The minimum Gasteiger partial charge on any atom is -0.360 e. The van der Waals surface area contributed by atoms with Gasteiger partial charge in [-0.15, -0.1) is 11.3 Å². The number of anilines is 2. The standard InChI is InChI=1S/C16H15ClN4OS/c1-9-3-4-12(11(17)5-9)21-13(22)6-18-16-15-14(19-8-20-16)10(2)7-23-15/h3-5,7-8H,6H2,1-2H3,(H,21,22)(H,18,19,20). The first-order valence-electron chi connectivity index (χ1n) is 7.03. The number of halogens is 1. The van der Waals surface area contributed by atoms with Crippen molar-refractivity contribution in [3.8, 4) is 0 Å². The SMILES string of the molecule is Cc1ccc(NC(=O)CNc2ncnc3c(C)csc23)c(Cl)c1. The zero-order valence-electron chi connectivity index (χ0n) is 12.7. The van der Waals surface area contributed by atoms with Gasteiger partial charge in [0.2, 0.25) is 5.91 Å². The maximum atomic E-state index is 12.1. The van der Waals surface area contributed by atoms with E-state index in [0.717, 1.165) is 21.3 Å². The molecule has 0 bridgehead atoms. The van der Waals surface area contributed by atoms with Gasteiger partial charge in [-0.2, -0.15) is 0 Å². The van der Waals surface area contributed by atoms with Crippen molar-refractivity contribution in [1.82, 2.24) is 9.97 Å². The van der Waals surface area contributed by atoms with Crippen molar-refractivity contribution < 1.29 is 4.79 Å². The Labute approximate surface area is 142 Å². The maximum Gasteiger partial charge on any atom is 0.243 e. The molecular formula is C16H15ClN4OS. The number of aryl methyl sites for hydroxylation is 2. The lowest BCUT2D eigenvalue weighted by atomic mass is 10.2. The predicted octanol–water partition coefficient (Wildman–Crippen LogP) is 4.01. The summed E-state index contributed by atoms with van der Waals surface area (Å²) >= 11 is 7.68. The fourth-order valence-electron chi connectivity index (χ4n) is 2.18. The third-order valence-corrected chi connectivity index (χ3v) is 4.75. The second-order valence-corrected chi connectivity index (χ2v) is 6.49. The van der Waals surface area contributed by atoms with Gasteiger partial charge in [0.05, 0.1) is 27.5 Å². The van der Waals surface area contributed by atoms with E-state index in [1.165, 1.54) is 6.33 Å². The van der Waals surface area contributed by atoms with Crippen LogP contribution in [0.15, 0.2) is 29.9 Å². The van der Waals surface area contributed by atoms with E-state index in [1.54, 1.807) is 17.4 Å². The average molecular weight is 347 g/mol. The van der Waals surface area contributed by atoms with E-state index < -0.39 is 0 Å². The van der Waals surface area contributed by atoms with Crippen LogP contribution in [0.1, 0.15) is 11.1 Å². The highest BCUT2D eigenvalue weighted by molar-refractivity contribution is 7.18. The molecule has 5 nitrogen and oxygen atoms in total. The summed E-state index contributed by atoms with van der Waals surface area (Å²) in [6.07, 6.45) is 1.50. The first kappa shape index (κ1) is 15.7. The summed E-state index contributed by atoms with van der Waals surface area (Å²) in [6, 6.07) is 5.51. The summed E-state index contributed by atoms with van der Waals surface area (Å²) in [4.78, 5) is 20.6. The Balaban J connectivity index is 1.68. The summed E-state index contributed by atoms with van der Waals surface area (Å²) in [5, 5.41) is 8.39. The Morgan fingerprint density at radius 2 is 2.13 bits per heavy atom. The molecule has 0 saturated heterocycles. The minimum atomic E-state index is -0.184. The minimum absolute atomic E-state index is 0.104. The van der Waals surface area contributed by atoms with Gasteiger partial charge in [0.1, 0.15) is 12.1 Å². The molecule has 118 valence electrons. The number of benzene rings is 1. The molecule has 3 aromatic rings. The molecule has 0 aliphatic rings. The number of carbonyl (C=O) groups is 1. The lowest BCUT2D eigenvalue weighted by molar-refractivity contribution is -0.114. The van der Waals surface area contributed by atoms with Crippen LogP contribution in [0.25, 0.3) is 10.2 Å². The molecule has 0 spiro atoms. The molecule has 23 heavy (non-hydrogen) atoms. The van der Waals surface area contributed by atoms with Crippen LogP contribution in [0, 0.1) is 13.8 Å². The third kappa shape index (κ3) is 3.43. The van der Waals surface area contributed by atoms with Gasteiger partial charge in [0, 0.05) is 0 Å². The molecule has 0 atom stereocenters. The van der Waals surface area contributed by atoms with E-state index in [4.69, 9.17) is 11.6 Å². The summed E-state index contributed by atoms with van der Waals surface area (Å²) in [5.74, 6) is 0.481. The highest BCUT2D eigenvalue weighted by atomic mass is 35.5. The van der Waals surface area contributed by atoms with E-state index >= 15 is 0 Å². The van der Waals surface area contributed by atoms with Crippen molar-refractivity contribution in [2.24, 2.45) is 0 Å². The van der Waals surface area contributed by atoms with E-state index in [-0.39, 0.29) is 12.5 Å². The average Bonchev–Trinajstić information content (AvgIpc) is 2.90. The van der Waals surface area contributed by atoms with Crippen molar-refractivity contribution in [3.63, 3.8) is 0 Å². The summed E-state index contributed by atoms with van der Waals surface area (Å²) < 4.78 is 0.950. The van der Waals surface area contributed by atoms with Crippen molar-refractivity contribution >= 4 is 50.6 Å². The molecule has 2 N–H and O–H groups in total. The number of fused-ring (bicyclic) bond motifs is 1. The Morgan fingerprint density at radius 3 is 2.91 bits per heavy atom. The van der Waals surface area contributed by atoms with Crippen molar-refractivity contribution in [1.29, 1.82) is 0 Å². The van der Waals surface area contributed by atoms with Gasteiger partial charge in [-0.3, -0.25) is 4.79 Å². The van der Waals surface area contributed by atoms with E-state index in [0.29, 0.717) is 16.5 Å². The van der Waals surface area contributed by atoms with Crippen molar-refractivity contribution in [2.45, 2.75) is 13.8 Å². The highest BCUT2D eigenvalue weighted by Crippen LogP contribution is 2.28. The largest absolute Gasteiger partial charge is 0.360 e. The smallest absolute Gasteiger partial charge is 0.243 e. The second-order valence-electron chi connectivity index (χ2n) is 5.20. The summed E-state index contributed by atoms with van der Waals surface area (Å²) in [5.41, 5.74) is 3.66. The second kappa shape index (κ2) is 6.52. The molecule has 0 aliphatic carbocycles. The quantitative estimate of drug-likeness (QED) is 0.749. The summed E-state index contributed by atoms with van der Waals surface area (Å²) in [7, 11) is 0. The zero-order valence-corrected chi connectivity index (χ0v) is 14.3. The molecule has 1 aromatic carbocycles. The van der Waals surface area contributed by atoms with Gasteiger partial charge >= 0.3 is 0 Å². The molecule has 0 fully saturated rings. The third-order valence-electron chi connectivity index (χ3n) is 3.35. The maximum absolute atomic E-state index is 12.1. The van der Waals surface area contributed by atoms with Gasteiger partial charge in [-0.1, -0.05) is 17.7 Å². The monoisotopic (exact) mass is 346 g/mol. The van der Waals surface area contributed by atoms with Gasteiger partial charge in [0.15, 0.2) is 0 Å². The Morgan fingerprint density at radius 1 is 1.30 bits per heavy atom. The fraction of sp³-hybridized carbons (Fsp3) is 0.188. The molecule has 1 amide bonds. The lowest BCUT2D eigenvalue weighted by Crippen LogP contribution is -2.22. The van der Waals surface area contributed by atoms with Crippen LogP contribution in [-0.2, 0) is 4.79 Å². The molecule has 0 aliphatic heterocycles. The topological polar surface area (TPSA) is 66.9 Å². The van der Waals surface area contributed by atoms with Crippen LogP contribution in [0.3, 0.4) is 0 Å². The van der Waals surface area contributed by atoms with Gasteiger partial charge in [-0.05, 0) is 42.5 Å². The number of aromatic nitrogens is 2. The van der Waals surface area contributed by atoms with E-state index in [1.807, 2.05) is 31.4 Å². The number of carbonyl (C=O) groups excluding carboxylic acids is 1. The zero-order chi connectivity index (χ0) is 16.4. The predicted molar refractivity (Wildman–Crippen MR) is 95.5 cm³/mol.